The smallest absolute Gasteiger partial charge is 0.369 e. The molecule has 0 bridgehead atoms. The highest BCUT2D eigenvalue weighted by atomic mass is 32.1. The molecule has 6 rings (SSSR count). The predicted octanol–water partition coefficient (Wildman–Crippen LogP) is 5.38. The van der Waals surface area contributed by atoms with Crippen molar-refractivity contribution in [3.05, 3.63) is 22.7 Å². The number of fused-ring (bicyclic) bond motifs is 2. The SMILES string of the molecule is CC1C(CN2CCC(Nc3nc(N)nc4sc(CC(F)(F)F)cc34)CC2)CCC2C1C=C(C#N)N2CCC1CCCCN(CC(N)=O)CC1. The van der Waals surface area contributed by atoms with Gasteiger partial charge >= 0.3 is 6.18 Å². The van der Waals surface area contributed by atoms with Crippen molar-refractivity contribution in [1.82, 2.24) is 24.7 Å². The zero-order chi connectivity index (χ0) is 34.7. The Labute approximate surface area is 291 Å². The quantitative estimate of drug-likeness (QED) is 0.298. The van der Waals surface area contributed by atoms with E-state index in [2.05, 4.69) is 49.1 Å². The van der Waals surface area contributed by atoms with E-state index < -0.39 is 12.6 Å². The lowest BCUT2D eigenvalue weighted by atomic mass is 9.70. The van der Waals surface area contributed by atoms with Crippen LogP contribution < -0.4 is 16.8 Å². The summed E-state index contributed by atoms with van der Waals surface area (Å²) in [5.41, 5.74) is 12.2. The molecule has 4 aliphatic rings. The molecule has 49 heavy (non-hydrogen) atoms. The third-order valence-electron chi connectivity index (χ3n) is 11.4. The van der Waals surface area contributed by atoms with Gasteiger partial charge in [-0.1, -0.05) is 19.8 Å². The molecular weight excluding hydrogens is 652 g/mol. The van der Waals surface area contributed by atoms with Crippen molar-refractivity contribution in [3.8, 4) is 6.07 Å². The molecule has 10 nitrogen and oxygen atoms in total. The predicted molar refractivity (Wildman–Crippen MR) is 186 cm³/mol. The van der Waals surface area contributed by atoms with E-state index in [1.807, 2.05) is 0 Å². The van der Waals surface area contributed by atoms with Gasteiger partial charge in [0.1, 0.15) is 22.4 Å². The monoisotopic (exact) mass is 701 g/mol. The fourth-order valence-corrected chi connectivity index (χ4v) is 9.84. The fraction of sp³-hybridized carbons (Fsp3) is 0.714. The van der Waals surface area contributed by atoms with E-state index in [9.17, 15) is 23.2 Å². The maximum Gasteiger partial charge on any atom is 0.393 e. The van der Waals surface area contributed by atoms with Crippen molar-refractivity contribution in [2.45, 2.75) is 89.4 Å². The number of piperidine rings is 1. The Balaban J connectivity index is 0.993. The summed E-state index contributed by atoms with van der Waals surface area (Å²) in [7, 11) is 0. The van der Waals surface area contributed by atoms with E-state index in [0.29, 0.717) is 52.3 Å². The van der Waals surface area contributed by atoms with Gasteiger partial charge in [-0.2, -0.15) is 23.4 Å². The summed E-state index contributed by atoms with van der Waals surface area (Å²) >= 11 is 1.02. The molecule has 5 atom stereocenters. The maximum absolute atomic E-state index is 13.0. The number of carbonyl (C=O) groups excluding carboxylic acids is 1. The number of alkyl halides is 3. The van der Waals surface area contributed by atoms with Crippen LogP contribution in [0.5, 0.6) is 0 Å². The lowest BCUT2D eigenvalue weighted by Gasteiger charge is -2.44. The lowest BCUT2D eigenvalue weighted by Crippen LogP contribution is -2.47. The number of nitrogen functional groups attached to an aromatic ring is 1. The molecule has 1 aliphatic carbocycles. The number of carbonyl (C=O) groups is 1. The van der Waals surface area contributed by atoms with Gasteiger partial charge in [-0.05, 0) is 87.9 Å². The zero-order valence-electron chi connectivity index (χ0n) is 28.4. The highest BCUT2D eigenvalue weighted by molar-refractivity contribution is 7.18. The van der Waals surface area contributed by atoms with Crippen molar-refractivity contribution in [3.63, 3.8) is 0 Å². The van der Waals surface area contributed by atoms with Crippen LogP contribution in [0.4, 0.5) is 24.9 Å². The number of amides is 1. The number of nitrogens with one attached hydrogen (secondary N) is 1. The van der Waals surface area contributed by atoms with Gasteiger partial charge in [0, 0.05) is 49.1 Å². The molecule has 0 spiro atoms. The summed E-state index contributed by atoms with van der Waals surface area (Å²) in [6.07, 6.45) is 6.65. The standard InChI is InChI=1S/C35H50F3N9OS/c1-22-24(5-6-30-28(22)16-26(19-39)47(30)15-8-23-4-2-3-11-45(12-7-23)21-31(40)48)20-46-13-9-25(10-14-46)42-32-29-17-27(18-35(36,37)38)49-33(29)44-34(41)43-32/h16-17,22-25,28,30H,2-15,18,20-21H2,1H3,(H2,40,48)(H3,41,42,43,44). The van der Waals surface area contributed by atoms with Crippen molar-refractivity contribution in [1.29, 1.82) is 5.26 Å². The van der Waals surface area contributed by atoms with E-state index in [1.165, 1.54) is 18.9 Å². The Hall–Kier alpha value is -3.15. The summed E-state index contributed by atoms with van der Waals surface area (Å²) in [4.78, 5) is 27.8. The van der Waals surface area contributed by atoms with E-state index >= 15 is 0 Å². The third kappa shape index (κ3) is 8.96. The number of nitriles is 1. The molecule has 5 N–H and O–H groups in total. The second kappa shape index (κ2) is 15.4. The van der Waals surface area contributed by atoms with Gasteiger partial charge in [0.2, 0.25) is 11.9 Å². The number of anilines is 2. The molecule has 2 aromatic rings. The van der Waals surface area contributed by atoms with Crippen LogP contribution in [-0.2, 0) is 11.2 Å². The Morgan fingerprint density at radius 3 is 2.59 bits per heavy atom. The summed E-state index contributed by atoms with van der Waals surface area (Å²) in [5, 5.41) is 14.2. The van der Waals surface area contributed by atoms with Crippen LogP contribution in [-0.4, -0.2) is 94.6 Å². The molecule has 1 amide bonds. The first-order valence-corrected chi connectivity index (χ1v) is 18.8. The summed E-state index contributed by atoms with van der Waals surface area (Å²) in [6, 6.07) is 4.60. The molecule has 3 fully saturated rings. The van der Waals surface area contributed by atoms with Crippen LogP contribution in [0.1, 0.15) is 69.6 Å². The average molecular weight is 702 g/mol. The fourth-order valence-electron chi connectivity index (χ4n) is 8.78. The van der Waals surface area contributed by atoms with Crippen LogP contribution in [0.3, 0.4) is 0 Å². The number of primary amides is 1. The minimum absolute atomic E-state index is 0.0600. The summed E-state index contributed by atoms with van der Waals surface area (Å²) in [6.45, 7) is 8.38. The first-order valence-electron chi connectivity index (χ1n) is 18.0. The first-order chi connectivity index (χ1) is 23.5. The van der Waals surface area contributed by atoms with E-state index in [4.69, 9.17) is 11.5 Å². The van der Waals surface area contributed by atoms with Crippen molar-refractivity contribution in [2.24, 2.45) is 29.4 Å². The Morgan fingerprint density at radius 1 is 1.08 bits per heavy atom. The number of thiophene rings is 1. The van der Waals surface area contributed by atoms with Gasteiger partial charge in [0.25, 0.3) is 0 Å². The number of halogens is 3. The topological polar surface area (TPSA) is 140 Å². The Bertz CT molecular complexity index is 1530. The summed E-state index contributed by atoms with van der Waals surface area (Å²) < 4.78 is 39.1. The number of nitrogens with two attached hydrogens (primary N) is 2. The molecule has 5 unspecified atom stereocenters. The third-order valence-corrected chi connectivity index (χ3v) is 12.4. The molecule has 2 saturated heterocycles. The Morgan fingerprint density at radius 2 is 1.86 bits per heavy atom. The van der Waals surface area contributed by atoms with E-state index in [1.54, 1.807) is 0 Å². The Kier molecular flexibility index (Phi) is 11.2. The molecule has 0 aromatic carbocycles. The van der Waals surface area contributed by atoms with Gasteiger partial charge in [-0.25, -0.2) is 4.98 Å². The molecule has 2 aromatic heterocycles. The number of rotatable bonds is 10. The second-order valence-electron chi connectivity index (χ2n) is 14.8. The van der Waals surface area contributed by atoms with Gasteiger partial charge in [0.05, 0.1) is 18.4 Å². The highest BCUT2D eigenvalue weighted by Gasteiger charge is 2.44. The number of hydrogen-bond acceptors (Lipinski definition) is 10. The van der Waals surface area contributed by atoms with E-state index in [0.717, 1.165) is 101 Å². The normalized spacial score (nSPS) is 27.7. The van der Waals surface area contributed by atoms with Gasteiger partial charge in [0.15, 0.2) is 0 Å². The number of aromatic nitrogens is 2. The number of likely N-dealkylation sites (tertiary alicyclic amines) is 2. The van der Waals surface area contributed by atoms with Crippen LogP contribution in [0.15, 0.2) is 17.8 Å². The number of allylic oxidation sites excluding steroid dienone is 1. The number of hydrogen-bond donors (Lipinski definition) is 3. The largest absolute Gasteiger partial charge is 0.393 e. The van der Waals surface area contributed by atoms with Gasteiger partial charge < -0.3 is 26.6 Å². The highest BCUT2D eigenvalue weighted by Crippen LogP contribution is 2.44. The number of nitrogens with zero attached hydrogens (tertiary/aromatic N) is 6. The van der Waals surface area contributed by atoms with Crippen molar-refractivity contribution >= 4 is 39.2 Å². The molecular formula is C35H50F3N9OS. The molecule has 5 heterocycles. The molecule has 1 saturated carbocycles. The van der Waals surface area contributed by atoms with Crippen LogP contribution >= 0.6 is 11.3 Å². The van der Waals surface area contributed by atoms with Crippen molar-refractivity contribution < 1.29 is 18.0 Å². The second-order valence-corrected chi connectivity index (χ2v) is 15.9. The average Bonchev–Trinajstić information content (AvgIpc) is 3.60. The van der Waals surface area contributed by atoms with Crippen LogP contribution in [0.2, 0.25) is 0 Å². The lowest BCUT2D eigenvalue weighted by molar-refractivity contribution is -0.126. The maximum atomic E-state index is 13.0. The van der Waals surface area contributed by atoms with E-state index in [-0.39, 0.29) is 22.8 Å². The van der Waals surface area contributed by atoms with Crippen LogP contribution in [0.25, 0.3) is 10.2 Å². The molecule has 3 aliphatic heterocycles. The van der Waals surface area contributed by atoms with Crippen molar-refractivity contribution in [2.75, 3.05) is 56.9 Å². The van der Waals surface area contributed by atoms with Gasteiger partial charge in [-0.3, -0.25) is 9.69 Å². The first kappa shape index (κ1) is 35.7. The molecule has 0 radical (unpaired) electrons. The molecule has 268 valence electrons. The minimum atomic E-state index is -4.28. The van der Waals surface area contributed by atoms with Crippen LogP contribution in [0, 0.1) is 35.0 Å². The zero-order valence-corrected chi connectivity index (χ0v) is 29.2. The molecule has 14 heteroatoms. The van der Waals surface area contributed by atoms with Gasteiger partial charge in [-0.15, -0.1) is 11.3 Å². The summed E-state index contributed by atoms with van der Waals surface area (Å²) in [5.74, 6) is 2.33. The minimum Gasteiger partial charge on any atom is -0.369 e.